The van der Waals surface area contributed by atoms with E-state index in [-0.39, 0.29) is 0 Å². The molecule has 1 N–H and O–H groups in total. The Morgan fingerprint density at radius 3 is 2.62 bits per heavy atom. The van der Waals surface area contributed by atoms with Gasteiger partial charge < -0.3 is 5.11 Å². The van der Waals surface area contributed by atoms with Gasteiger partial charge in [-0.1, -0.05) is 45.8 Å². The number of hydrogen-bond donors (Lipinski definition) is 1. The number of allylic oxidation sites excluding steroid dienone is 1. The van der Waals surface area contributed by atoms with E-state index in [2.05, 4.69) is 33.8 Å². The Balaban J connectivity index is 2.36. The predicted octanol–water partition coefficient (Wildman–Crippen LogP) is 3.92. The highest BCUT2D eigenvalue weighted by molar-refractivity contribution is 5.27. The van der Waals surface area contributed by atoms with Gasteiger partial charge in [-0.05, 0) is 42.9 Å². The summed E-state index contributed by atoms with van der Waals surface area (Å²) in [6.45, 7) is 8.99. The highest BCUT2D eigenvalue weighted by Crippen LogP contribution is 2.52. The fourth-order valence-corrected chi connectivity index (χ4v) is 3.55. The molecule has 0 aliphatic heterocycles. The fraction of sp³-hybridized carbons (Fsp3) is 0.867. The lowest BCUT2D eigenvalue weighted by molar-refractivity contribution is 0.00583. The summed E-state index contributed by atoms with van der Waals surface area (Å²) >= 11 is 0. The molecule has 16 heavy (non-hydrogen) atoms. The quantitative estimate of drug-likeness (QED) is 0.667. The first-order chi connectivity index (χ1) is 7.37. The summed E-state index contributed by atoms with van der Waals surface area (Å²) in [6, 6.07) is 0. The van der Waals surface area contributed by atoms with Crippen LogP contribution in [0.1, 0.15) is 59.8 Å². The van der Waals surface area contributed by atoms with Gasteiger partial charge in [-0.25, -0.2) is 0 Å². The van der Waals surface area contributed by atoms with Crippen molar-refractivity contribution in [3.63, 3.8) is 0 Å². The molecule has 0 radical (unpaired) electrons. The van der Waals surface area contributed by atoms with Crippen LogP contribution in [0.2, 0.25) is 0 Å². The molecule has 0 aromatic carbocycles. The van der Waals surface area contributed by atoms with E-state index in [9.17, 15) is 5.11 Å². The van der Waals surface area contributed by atoms with Gasteiger partial charge in [0, 0.05) is 0 Å². The third-order valence-corrected chi connectivity index (χ3v) is 5.08. The molecule has 1 heteroatoms. The Morgan fingerprint density at radius 1 is 1.31 bits per heavy atom. The summed E-state index contributed by atoms with van der Waals surface area (Å²) < 4.78 is 0. The van der Waals surface area contributed by atoms with Crippen molar-refractivity contribution in [3.05, 3.63) is 11.6 Å². The second-order valence-corrected chi connectivity index (χ2v) is 6.60. The second kappa shape index (κ2) is 3.87. The largest absolute Gasteiger partial charge is 0.386 e. The van der Waals surface area contributed by atoms with Crippen molar-refractivity contribution >= 4 is 0 Å². The van der Waals surface area contributed by atoms with E-state index < -0.39 is 5.60 Å². The van der Waals surface area contributed by atoms with Crippen LogP contribution < -0.4 is 0 Å². The molecule has 92 valence electrons. The van der Waals surface area contributed by atoms with Crippen LogP contribution in [0, 0.1) is 17.3 Å². The molecule has 2 aliphatic rings. The topological polar surface area (TPSA) is 20.2 Å². The van der Waals surface area contributed by atoms with Gasteiger partial charge in [-0.2, -0.15) is 0 Å². The molecule has 2 rings (SSSR count). The zero-order valence-electron chi connectivity index (χ0n) is 11.2. The van der Waals surface area contributed by atoms with Crippen molar-refractivity contribution in [2.45, 2.75) is 65.4 Å². The lowest BCUT2D eigenvalue weighted by Gasteiger charge is -2.48. The second-order valence-electron chi connectivity index (χ2n) is 6.60. The van der Waals surface area contributed by atoms with Gasteiger partial charge in [-0.15, -0.1) is 0 Å². The van der Waals surface area contributed by atoms with E-state index in [1.165, 1.54) is 19.3 Å². The smallest absolute Gasteiger partial charge is 0.0853 e. The molecular formula is C15H26O. The minimum atomic E-state index is -0.541. The SMILES string of the molecule is CC(C)[C@@]1(O)C=C2[C@H](C)CCC[C@]2(C)CC1. The van der Waals surface area contributed by atoms with Crippen molar-refractivity contribution in [2.24, 2.45) is 17.3 Å². The van der Waals surface area contributed by atoms with Crippen molar-refractivity contribution in [1.82, 2.24) is 0 Å². The maximum absolute atomic E-state index is 10.6. The normalized spacial score (nSPS) is 44.1. The highest BCUT2D eigenvalue weighted by Gasteiger charge is 2.43. The molecule has 0 spiro atoms. The van der Waals surface area contributed by atoms with Crippen LogP contribution in [-0.2, 0) is 0 Å². The van der Waals surface area contributed by atoms with Gasteiger partial charge in [-0.3, -0.25) is 0 Å². The standard InChI is InChI=1S/C15H26O/c1-11(2)15(16)9-8-14(4)7-5-6-12(3)13(14)10-15/h10-12,16H,5-9H2,1-4H3/t12-,14-,15+/m1/s1. The minimum Gasteiger partial charge on any atom is -0.386 e. The van der Waals surface area contributed by atoms with Gasteiger partial charge in [0.15, 0.2) is 0 Å². The van der Waals surface area contributed by atoms with E-state index in [1.807, 2.05) is 0 Å². The Kier molecular flexibility index (Phi) is 2.94. The summed E-state index contributed by atoms with van der Waals surface area (Å²) in [4.78, 5) is 0. The number of hydrogen-bond acceptors (Lipinski definition) is 1. The molecule has 1 nitrogen and oxygen atoms in total. The molecule has 2 aliphatic carbocycles. The van der Waals surface area contributed by atoms with Crippen LogP contribution in [0.5, 0.6) is 0 Å². The molecular weight excluding hydrogens is 196 g/mol. The monoisotopic (exact) mass is 222 g/mol. The Labute approximate surface area is 99.9 Å². The molecule has 0 unspecified atom stereocenters. The summed E-state index contributed by atoms with van der Waals surface area (Å²) in [5.41, 5.74) is 1.39. The lowest BCUT2D eigenvalue weighted by Crippen LogP contribution is -2.42. The average molecular weight is 222 g/mol. The summed E-state index contributed by atoms with van der Waals surface area (Å²) in [6.07, 6.45) is 8.31. The van der Waals surface area contributed by atoms with E-state index >= 15 is 0 Å². The van der Waals surface area contributed by atoms with Crippen LogP contribution in [0.15, 0.2) is 11.6 Å². The van der Waals surface area contributed by atoms with E-state index in [4.69, 9.17) is 0 Å². The summed E-state index contributed by atoms with van der Waals surface area (Å²) in [7, 11) is 0. The number of rotatable bonds is 1. The van der Waals surface area contributed by atoms with E-state index in [1.54, 1.807) is 5.57 Å². The zero-order valence-corrected chi connectivity index (χ0v) is 11.2. The molecule has 0 aromatic heterocycles. The summed E-state index contributed by atoms with van der Waals surface area (Å²) in [5, 5.41) is 10.6. The van der Waals surface area contributed by atoms with Crippen LogP contribution in [0.3, 0.4) is 0 Å². The molecule has 1 saturated carbocycles. The Bertz CT molecular complexity index is 305. The van der Waals surface area contributed by atoms with Crippen LogP contribution >= 0.6 is 0 Å². The first-order valence-electron chi connectivity index (χ1n) is 6.83. The Morgan fingerprint density at radius 2 is 2.00 bits per heavy atom. The first-order valence-corrected chi connectivity index (χ1v) is 6.83. The predicted molar refractivity (Wildman–Crippen MR) is 68.2 cm³/mol. The van der Waals surface area contributed by atoms with E-state index in [0.29, 0.717) is 17.3 Å². The van der Waals surface area contributed by atoms with Crippen LogP contribution in [0.25, 0.3) is 0 Å². The molecule has 0 amide bonds. The Hall–Kier alpha value is -0.300. The van der Waals surface area contributed by atoms with Crippen molar-refractivity contribution in [2.75, 3.05) is 0 Å². The maximum Gasteiger partial charge on any atom is 0.0853 e. The highest BCUT2D eigenvalue weighted by atomic mass is 16.3. The maximum atomic E-state index is 10.6. The van der Waals surface area contributed by atoms with Gasteiger partial charge in [0.25, 0.3) is 0 Å². The first kappa shape index (κ1) is 12.2. The van der Waals surface area contributed by atoms with Crippen LogP contribution in [-0.4, -0.2) is 10.7 Å². The van der Waals surface area contributed by atoms with Crippen molar-refractivity contribution in [1.29, 1.82) is 0 Å². The lowest BCUT2D eigenvalue weighted by atomic mass is 9.59. The van der Waals surface area contributed by atoms with Gasteiger partial charge in [0.2, 0.25) is 0 Å². The van der Waals surface area contributed by atoms with Gasteiger partial charge in [0.1, 0.15) is 0 Å². The zero-order chi connectivity index (χ0) is 12.0. The van der Waals surface area contributed by atoms with Crippen molar-refractivity contribution in [3.8, 4) is 0 Å². The third-order valence-electron chi connectivity index (χ3n) is 5.08. The van der Waals surface area contributed by atoms with E-state index in [0.717, 1.165) is 12.8 Å². The van der Waals surface area contributed by atoms with Gasteiger partial charge >= 0.3 is 0 Å². The molecule has 1 fully saturated rings. The minimum absolute atomic E-state index is 0.332. The average Bonchev–Trinajstić information content (AvgIpc) is 2.21. The molecule has 3 atom stereocenters. The third kappa shape index (κ3) is 1.84. The summed E-state index contributed by atoms with van der Waals surface area (Å²) in [5.74, 6) is 1.00. The van der Waals surface area contributed by atoms with Crippen molar-refractivity contribution < 1.29 is 5.11 Å². The fourth-order valence-electron chi connectivity index (χ4n) is 3.55. The van der Waals surface area contributed by atoms with Gasteiger partial charge in [0.05, 0.1) is 5.60 Å². The molecule has 0 saturated heterocycles. The molecule has 0 aromatic rings. The molecule has 0 bridgehead atoms. The number of fused-ring (bicyclic) bond motifs is 1. The number of aliphatic hydroxyl groups is 1. The van der Waals surface area contributed by atoms with Crippen LogP contribution in [0.4, 0.5) is 0 Å². The molecule has 0 heterocycles.